The summed E-state index contributed by atoms with van der Waals surface area (Å²) < 4.78 is 66.1. The van der Waals surface area contributed by atoms with E-state index in [1.807, 2.05) is 0 Å². The maximum atomic E-state index is 15.0. The third kappa shape index (κ3) is 5.09. The molecule has 27 heavy (non-hydrogen) atoms. The van der Waals surface area contributed by atoms with Gasteiger partial charge < -0.3 is 5.32 Å². The Kier molecular flexibility index (Phi) is 6.51. The number of halogens is 3. The Hall–Kier alpha value is -1.90. The molecule has 3 rings (SSSR count). The highest BCUT2D eigenvalue weighted by Gasteiger charge is 2.26. The normalized spacial score (nSPS) is 20.1. The fraction of sp³-hybridized carbons (Fsp3) is 0.368. The Morgan fingerprint density at radius 1 is 1.11 bits per heavy atom. The second kappa shape index (κ2) is 8.86. The fourth-order valence-electron chi connectivity index (χ4n) is 3.60. The summed E-state index contributed by atoms with van der Waals surface area (Å²) in [4.78, 5) is 0. The first kappa shape index (κ1) is 19.9. The largest absolute Gasteiger partial charge is 0.313 e. The molecule has 1 saturated heterocycles. The van der Waals surface area contributed by atoms with Crippen LogP contribution in [0, 0.1) is 23.4 Å². The molecule has 1 aliphatic rings. The van der Waals surface area contributed by atoms with Crippen LogP contribution < -0.4 is 10.0 Å². The van der Waals surface area contributed by atoms with Gasteiger partial charge in [0.25, 0.3) is 0 Å². The summed E-state index contributed by atoms with van der Waals surface area (Å²) >= 11 is 0. The van der Waals surface area contributed by atoms with Gasteiger partial charge in [-0.1, -0.05) is 18.2 Å². The molecule has 2 aromatic carbocycles. The molecule has 0 aromatic heterocycles. The number of hydrogen-bond acceptors (Lipinski definition) is 3. The van der Waals surface area contributed by atoms with Crippen molar-refractivity contribution in [3.8, 4) is 11.1 Å². The van der Waals surface area contributed by atoms with Gasteiger partial charge in [0, 0.05) is 24.2 Å². The van der Waals surface area contributed by atoms with Crippen molar-refractivity contribution in [2.45, 2.75) is 25.3 Å². The Bertz CT molecular complexity index is 861. The lowest BCUT2D eigenvalue weighted by Crippen LogP contribution is -2.46. The molecule has 1 heterocycles. The first-order valence-corrected chi connectivity index (χ1v) is 9.97. The number of thiol groups is 1. The van der Waals surface area contributed by atoms with E-state index in [0.29, 0.717) is 18.5 Å². The molecule has 0 spiro atoms. The average Bonchev–Trinajstić information content (AvgIpc) is 2.62. The topological polar surface area (TPSA) is 58.2 Å². The first-order chi connectivity index (χ1) is 12.9. The van der Waals surface area contributed by atoms with Gasteiger partial charge in [-0.15, -0.1) is 0 Å². The molecule has 2 aromatic rings. The summed E-state index contributed by atoms with van der Waals surface area (Å²) in [5.74, 6) is -2.00. The van der Waals surface area contributed by atoms with Crippen molar-refractivity contribution in [3.63, 3.8) is 0 Å². The van der Waals surface area contributed by atoms with Crippen molar-refractivity contribution < 1.29 is 21.6 Å². The van der Waals surface area contributed by atoms with Gasteiger partial charge in [-0.05, 0) is 55.0 Å². The van der Waals surface area contributed by atoms with Gasteiger partial charge in [0.15, 0.2) is 0 Å². The van der Waals surface area contributed by atoms with E-state index in [9.17, 15) is 17.2 Å². The Balaban J connectivity index is 1.84. The molecule has 0 aliphatic carbocycles. The Labute approximate surface area is 157 Å². The maximum absolute atomic E-state index is 15.0. The molecule has 1 aliphatic heterocycles. The third-order valence-electron chi connectivity index (χ3n) is 4.90. The minimum atomic E-state index is -2.67. The highest BCUT2D eigenvalue weighted by atomic mass is 32.2. The van der Waals surface area contributed by atoms with Crippen molar-refractivity contribution in [1.82, 2.24) is 10.0 Å². The number of piperidine rings is 1. The van der Waals surface area contributed by atoms with E-state index >= 15 is 4.39 Å². The second-order valence-electron chi connectivity index (χ2n) is 6.72. The molecule has 8 heteroatoms. The predicted molar refractivity (Wildman–Crippen MR) is 98.3 cm³/mol. The molecule has 2 atom stereocenters. The minimum Gasteiger partial charge on any atom is -0.313 e. The van der Waals surface area contributed by atoms with Gasteiger partial charge in [-0.25, -0.2) is 26.3 Å². The summed E-state index contributed by atoms with van der Waals surface area (Å²) in [7, 11) is -2.67. The zero-order valence-electron chi connectivity index (χ0n) is 14.6. The lowest BCUT2D eigenvalue weighted by atomic mass is 9.86. The molecule has 2 unspecified atom stereocenters. The molecule has 4 nitrogen and oxygen atoms in total. The number of benzene rings is 2. The summed E-state index contributed by atoms with van der Waals surface area (Å²) in [6, 6.07) is 7.64. The highest BCUT2D eigenvalue weighted by Crippen LogP contribution is 2.28. The molecule has 0 amide bonds. The zero-order chi connectivity index (χ0) is 19.4. The average molecular weight is 398 g/mol. The van der Waals surface area contributed by atoms with Crippen LogP contribution in [-0.4, -0.2) is 27.5 Å². The van der Waals surface area contributed by atoms with Gasteiger partial charge in [0.05, 0.1) is 0 Å². The van der Waals surface area contributed by atoms with Crippen molar-refractivity contribution >= 4 is 10.9 Å². The van der Waals surface area contributed by atoms with E-state index in [0.717, 1.165) is 37.6 Å². The minimum absolute atomic E-state index is 0.0429. The molecule has 146 valence electrons. The van der Waals surface area contributed by atoms with Crippen LogP contribution in [0.4, 0.5) is 13.2 Å². The van der Waals surface area contributed by atoms with E-state index in [1.165, 1.54) is 6.07 Å². The molecule has 0 saturated carbocycles. The number of nitrogens with one attached hydrogen (secondary N) is 2. The standard InChI is InChI=1S/C19H21F3N2O2S/c20-15-7-14(8-16(21)10-15)17-5-1-3-12(19(17)22)9-18-13(4-2-6-23-18)11-24-27(25)26/h1,3,5,7-8,10,13,18,23,27H,2,4,6,9,11H2,(H,24,25,26). The molecule has 2 N–H and O–H groups in total. The molecular formula is C19H21F3N2O2S. The predicted octanol–water partition coefficient (Wildman–Crippen LogP) is 2.80. The molecule has 0 bridgehead atoms. The van der Waals surface area contributed by atoms with Crippen LogP contribution in [0.1, 0.15) is 18.4 Å². The second-order valence-corrected chi connectivity index (χ2v) is 7.55. The van der Waals surface area contributed by atoms with Crippen LogP contribution in [0.3, 0.4) is 0 Å². The van der Waals surface area contributed by atoms with Gasteiger partial charge in [-0.2, -0.15) is 0 Å². The van der Waals surface area contributed by atoms with E-state index in [4.69, 9.17) is 0 Å². The van der Waals surface area contributed by atoms with E-state index in [2.05, 4.69) is 10.0 Å². The van der Waals surface area contributed by atoms with Crippen molar-refractivity contribution in [2.75, 3.05) is 13.1 Å². The number of hydrogen-bond donors (Lipinski definition) is 3. The Morgan fingerprint density at radius 2 is 1.85 bits per heavy atom. The van der Waals surface area contributed by atoms with Crippen LogP contribution in [0.15, 0.2) is 36.4 Å². The quantitative estimate of drug-likeness (QED) is 0.656. The van der Waals surface area contributed by atoms with Gasteiger partial charge in [0.1, 0.15) is 17.5 Å². The van der Waals surface area contributed by atoms with Crippen LogP contribution in [0.25, 0.3) is 11.1 Å². The Morgan fingerprint density at radius 3 is 2.56 bits per heavy atom. The monoisotopic (exact) mass is 398 g/mol. The van der Waals surface area contributed by atoms with Gasteiger partial charge in [0.2, 0.25) is 10.9 Å². The lowest BCUT2D eigenvalue weighted by Gasteiger charge is -2.32. The SMILES string of the molecule is O=[SH](=O)NCC1CCCNC1Cc1cccc(-c2cc(F)cc(F)c2)c1F. The smallest absolute Gasteiger partial charge is 0.201 e. The maximum Gasteiger partial charge on any atom is 0.201 e. The molecule has 0 radical (unpaired) electrons. The zero-order valence-corrected chi connectivity index (χ0v) is 15.4. The molecule has 1 fully saturated rings. The number of rotatable bonds is 6. The third-order valence-corrected chi connectivity index (χ3v) is 5.34. The molecular weight excluding hydrogens is 377 g/mol. The highest BCUT2D eigenvalue weighted by molar-refractivity contribution is 7.70. The van der Waals surface area contributed by atoms with E-state index < -0.39 is 28.3 Å². The van der Waals surface area contributed by atoms with Crippen LogP contribution in [0.2, 0.25) is 0 Å². The van der Waals surface area contributed by atoms with Crippen molar-refractivity contribution in [1.29, 1.82) is 0 Å². The van der Waals surface area contributed by atoms with Gasteiger partial charge in [-0.3, -0.25) is 0 Å². The summed E-state index contributed by atoms with van der Waals surface area (Å²) in [6.07, 6.45) is 2.12. The van der Waals surface area contributed by atoms with Crippen molar-refractivity contribution in [3.05, 3.63) is 59.4 Å². The van der Waals surface area contributed by atoms with E-state index in [-0.39, 0.29) is 23.1 Å². The lowest BCUT2D eigenvalue weighted by molar-refractivity contribution is 0.277. The first-order valence-electron chi connectivity index (χ1n) is 8.79. The van der Waals surface area contributed by atoms with Crippen LogP contribution in [-0.2, 0) is 17.3 Å². The van der Waals surface area contributed by atoms with E-state index in [1.54, 1.807) is 12.1 Å². The fourth-order valence-corrected chi connectivity index (χ4v) is 3.98. The summed E-state index contributed by atoms with van der Waals surface area (Å²) in [6.45, 7) is 1.08. The van der Waals surface area contributed by atoms with Gasteiger partial charge >= 0.3 is 0 Å². The van der Waals surface area contributed by atoms with Crippen molar-refractivity contribution in [2.24, 2.45) is 5.92 Å². The summed E-state index contributed by atoms with van der Waals surface area (Å²) in [5.41, 5.74) is 0.706. The van der Waals surface area contributed by atoms with Crippen LogP contribution >= 0.6 is 0 Å². The van der Waals surface area contributed by atoms with Crippen LogP contribution in [0.5, 0.6) is 0 Å². The summed E-state index contributed by atoms with van der Waals surface area (Å²) in [5, 5.41) is 3.32.